The van der Waals surface area contributed by atoms with Crippen LogP contribution in [0.15, 0.2) is 66.7 Å². The minimum atomic E-state index is -0.217. The van der Waals surface area contributed by atoms with Crippen LogP contribution in [0.3, 0.4) is 0 Å². The zero-order valence-corrected chi connectivity index (χ0v) is 12.9. The molecule has 0 heterocycles. The third-order valence-corrected chi connectivity index (χ3v) is 3.60. The minimum absolute atomic E-state index is 0.217. The van der Waals surface area contributed by atoms with Crippen LogP contribution < -0.4 is 15.4 Å². The van der Waals surface area contributed by atoms with Crippen LogP contribution in [0.1, 0.15) is 5.56 Å². The predicted molar refractivity (Wildman–Crippen MR) is 92.8 cm³/mol. The summed E-state index contributed by atoms with van der Waals surface area (Å²) in [7, 11) is 1.66. The van der Waals surface area contributed by atoms with Crippen LogP contribution >= 0.6 is 0 Å². The molecule has 23 heavy (non-hydrogen) atoms. The molecule has 3 aromatic rings. The summed E-state index contributed by atoms with van der Waals surface area (Å²) in [4.78, 5) is 11.9. The maximum atomic E-state index is 11.9. The van der Waals surface area contributed by atoms with E-state index in [1.54, 1.807) is 7.11 Å². The average molecular weight is 306 g/mol. The van der Waals surface area contributed by atoms with Crippen molar-refractivity contribution in [1.29, 1.82) is 0 Å². The van der Waals surface area contributed by atoms with Crippen LogP contribution in [0.4, 0.5) is 10.5 Å². The number of nitrogens with one attached hydrogen (secondary N) is 2. The van der Waals surface area contributed by atoms with E-state index in [2.05, 4.69) is 16.7 Å². The zero-order valence-electron chi connectivity index (χ0n) is 12.9. The number of benzene rings is 3. The van der Waals surface area contributed by atoms with Crippen LogP contribution in [0.5, 0.6) is 5.75 Å². The number of para-hydroxylation sites is 1. The maximum Gasteiger partial charge on any atom is 0.319 e. The Morgan fingerprint density at radius 3 is 2.48 bits per heavy atom. The van der Waals surface area contributed by atoms with Crippen molar-refractivity contribution in [2.24, 2.45) is 0 Å². The van der Waals surface area contributed by atoms with E-state index in [1.165, 1.54) is 0 Å². The summed E-state index contributed by atoms with van der Waals surface area (Å²) in [6.45, 7) is 0.473. The number of hydrogen-bond donors (Lipinski definition) is 2. The van der Waals surface area contributed by atoms with E-state index in [0.29, 0.717) is 6.54 Å². The highest BCUT2D eigenvalue weighted by Gasteiger charge is 2.03. The lowest BCUT2D eigenvalue weighted by molar-refractivity contribution is 0.251. The highest BCUT2D eigenvalue weighted by atomic mass is 16.5. The van der Waals surface area contributed by atoms with Gasteiger partial charge in [-0.05, 0) is 46.7 Å². The van der Waals surface area contributed by atoms with Gasteiger partial charge in [0.2, 0.25) is 0 Å². The molecule has 0 aliphatic heterocycles. The number of anilines is 1. The number of methoxy groups -OCH3 is 1. The summed E-state index contributed by atoms with van der Waals surface area (Å²) in [5.74, 6) is 0.839. The van der Waals surface area contributed by atoms with Gasteiger partial charge in [-0.3, -0.25) is 0 Å². The van der Waals surface area contributed by atoms with Crippen LogP contribution in [0.25, 0.3) is 10.8 Å². The van der Waals surface area contributed by atoms with Crippen molar-refractivity contribution < 1.29 is 9.53 Å². The first-order valence-electron chi connectivity index (χ1n) is 7.41. The van der Waals surface area contributed by atoms with Gasteiger partial charge in [0, 0.05) is 12.2 Å². The first-order valence-corrected chi connectivity index (χ1v) is 7.41. The van der Waals surface area contributed by atoms with Gasteiger partial charge in [0.1, 0.15) is 5.75 Å². The Labute approximate surface area is 135 Å². The van der Waals surface area contributed by atoms with Crippen molar-refractivity contribution in [3.63, 3.8) is 0 Å². The molecule has 0 saturated carbocycles. The largest absolute Gasteiger partial charge is 0.497 e. The molecule has 116 valence electrons. The highest BCUT2D eigenvalue weighted by Crippen LogP contribution is 2.21. The Bertz CT molecular complexity index is 816. The van der Waals surface area contributed by atoms with E-state index in [4.69, 9.17) is 4.74 Å². The standard InChI is InChI=1S/C19H18N2O2/c1-23-18-10-9-15-11-14(7-8-16(15)12-18)13-20-19(22)21-17-5-3-2-4-6-17/h2-12H,13H2,1H3,(H2,20,21,22). The number of hydrogen-bond acceptors (Lipinski definition) is 2. The van der Waals surface area contributed by atoms with E-state index in [9.17, 15) is 4.79 Å². The number of carbonyl (C=O) groups is 1. The smallest absolute Gasteiger partial charge is 0.319 e. The Balaban J connectivity index is 1.64. The van der Waals surface area contributed by atoms with Crippen LogP contribution in [-0.4, -0.2) is 13.1 Å². The molecule has 0 bridgehead atoms. The molecule has 0 atom stereocenters. The van der Waals surface area contributed by atoms with E-state index in [0.717, 1.165) is 27.8 Å². The SMILES string of the molecule is COc1ccc2cc(CNC(=O)Nc3ccccc3)ccc2c1. The fourth-order valence-electron chi connectivity index (χ4n) is 2.39. The highest BCUT2D eigenvalue weighted by molar-refractivity contribution is 5.89. The Kier molecular flexibility index (Phi) is 4.43. The molecule has 3 rings (SSSR count). The number of amides is 2. The molecule has 0 unspecified atom stereocenters. The lowest BCUT2D eigenvalue weighted by Crippen LogP contribution is -2.28. The Hall–Kier alpha value is -3.01. The molecule has 0 aromatic heterocycles. The van der Waals surface area contributed by atoms with Gasteiger partial charge in [-0.2, -0.15) is 0 Å². The quantitative estimate of drug-likeness (QED) is 0.760. The van der Waals surface area contributed by atoms with Gasteiger partial charge < -0.3 is 15.4 Å². The van der Waals surface area contributed by atoms with E-state index in [1.807, 2.05) is 60.7 Å². The molecule has 0 aliphatic carbocycles. The molecule has 0 aliphatic rings. The number of rotatable bonds is 4. The monoisotopic (exact) mass is 306 g/mol. The van der Waals surface area contributed by atoms with Crippen molar-refractivity contribution in [1.82, 2.24) is 5.32 Å². The van der Waals surface area contributed by atoms with Gasteiger partial charge in [-0.25, -0.2) is 4.79 Å². The van der Waals surface area contributed by atoms with Gasteiger partial charge in [0.05, 0.1) is 7.11 Å². The first-order chi connectivity index (χ1) is 11.2. The van der Waals surface area contributed by atoms with Crippen LogP contribution in [-0.2, 0) is 6.54 Å². The second-order valence-electron chi connectivity index (χ2n) is 5.22. The van der Waals surface area contributed by atoms with Crippen LogP contribution in [0, 0.1) is 0 Å². The van der Waals surface area contributed by atoms with Crippen molar-refractivity contribution in [2.45, 2.75) is 6.54 Å². The van der Waals surface area contributed by atoms with Crippen molar-refractivity contribution in [2.75, 3.05) is 12.4 Å². The van der Waals surface area contributed by atoms with Gasteiger partial charge in [-0.15, -0.1) is 0 Å². The molecule has 0 spiro atoms. The predicted octanol–water partition coefficient (Wildman–Crippen LogP) is 4.17. The number of ether oxygens (including phenoxy) is 1. The molecule has 2 N–H and O–H groups in total. The molecule has 0 radical (unpaired) electrons. The van der Waals surface area contributed by atoms with E-state index in [-0.39, 0.29) is 6.03 Å². The van der Waals surface area contributed by atoms with Gasteiger partial charge in [0.15, 0.2) is 0 Å². The molecule has 3 aromatic carbocycles. The lowest BCUT2D eigenvalue weighted by atomic mass is 10.1. The van der Waals surface area contributed by atoms with Crippen molar-refractivity contribution in [3.8, 4) is 5.75 Å². The summed E-state index contributed by atoms with van der Waals surface area (Å²) in [5.41, 5.74) is 1.82. The molecule has 4 nitrogen and oxygen atoms in total. The van der Waals surface area contributed by atoms with Gasteiger partial charge in [-0.1, -0.05) is 36.4 Å². The Morgan fingerprint density at radius 2 is 1.70 bits per heavy atom. The maximum absolute atomic E-state index is 11.9. The van der Waals surface area contributed by atoms with Gasteiger partial charge in [0.25, 0.3) is 0 Å². The number of carbonyl (C=O) groups excluding carboxylic acids is 1. The normalized spacial score (nSPS) is 10.3. The second-order valence-corrected chi connectivity index (χ2v) is 5.22. The molecule has 0 fully saturated rings. The second kappa shape index (κ2) is 6.83. The summed E-state index contributed by atoms with van der Waals surface area (Å²) < 4.78 is 5.22. The summed E-state index contributed by atoms with van der Waals surface area (Å²) in [5, 5.41) is 7.89. The molecule has 0 saturated heterocycles. The third kappa shape index (κ3) is 3.80. The first kappa shape index (κ1) is 14.9. The number of fused-ring (bicyclic) bond motifs is 1. The van der Waals surface area contributed by atoms with Crippen LogP contribution in [0.2, 0.25) is 0 Å². The summed E-state index contributed by atoms with van der Waals surface area (Å²) in [6, 6.07) is 21.2. The summed E-state index contributed by atoms with van der Waals surface area (Å²) >= 11 is 0. The van der Waals surface area contributed by atoms with Crippen molar-refractivity contribution >= 4 is 22.5 Å². The fraction of sp³-hybridized carbons (Fsp3) is 0.105. The average Bonchev–Trinajstić information content (AvgIpc) is 2.60. The topological polar surface area (TPSA) is 50.4 Å². The summed E-state index contributed by atoms with van der Waals surface area (Å²) in [6.07, 6.45) is 0. The Morgan fingerprint density at radius 1 is 0.957 bits per heavy atom. The molecule has 2 amide bonds. The van der Waals surface area contributed by atoms with E-state index >= 15 is 0 Å². The lowest BCUT2D eigenvalue weighted by Gasteiger charge is -2.09. The van der Waals surface area contributed by atoms with Gasteiger partial charge >= 0.3 is 6.03 Å². The molecule has 4 heteroatoms. The van der Waals surface area contributed by atoms with Crippen molar-refractivity contribution in [3.05, 3.63) is 72.3 Å². The van der Waals surface area contributed by atoms with E-state index < -0.39 is 0 Å². The molecular weight excluding hydrogens is 288 g/mol. The zero-order chi connectivity index (χ0) is 16.1. The fourth-order valence-corrected chi connectivity index (χ4v) is 2.39. The number of urea groups is 1. The third-order valence-electron chi connectivity index (χ3n) is 3.60. The minimum Gasteiger partial charge on any atom is -0.497 e. The molecular formula is C19H18N2O2.